The lowest BCUT2D eigenvalue weighted by Crippen LogP contribution is -2.31. The first-order chi connectivity index (χ1) is 12.1. The van der Waals surface area contributed by atoms with Crippen molar-refractivity contribution in [2.45, 2.75) is 19.3 Å². The van der Waals surface area contributed by atoms with Crippen molar-refractivity contribution in [1.82, 2.24) is 10.6 Å². The number of piperidine rings is 1. The standard InChI is InChI=1S/C18H24ClN3O3.ClH/c1-25-9-8-21-16(23)13-3-2-12(10-15(13)19)22-17(24)14-11-18(14)4-6-20-7-5-18;/h2-3,10,14,20H,4-9,11H2,1H3,(H,21,23)(H,22,24);1H. The van der Waals surface area contributed by atoms with Crippen LogP contribution in [0.5, 0.6) is 0 Å². The van der Waals surface area contributed by atoms with Gasteiger partial charge in [-0.2, -0.15) is 0 Å². The Morgan fingerprint density at radius 1 is 1.35 bits per heavy atom. The SMILES string of the molecule is COCCNC(=O)c1ccc(NC(=O)C2CC23CCNCC3)cc1Cl.Cl. The highest BCUT2D eigenvalue weighted by Crippen LogP contribution is 2.58. The second-order valence-corrected chi connectivity index (χ2v) is 7.21. The molecule has 2 amide bonds. The number of nitrogens with one attached hydrogen (secondary N) is 3. The van der Waals surface area contributed by atoms with E-state index in [0.29, 0.717) is 29.4 Å². The van der Waals surface area contributed by atoms with Crippen molar-refractivity contribution in [3.05, 3.63) is 28.8 Å². The first kappa shape index (κ1) is 21.0. The number of rotatable bonds is 6. The number of carbonyl (C=O) groups excluding carboxylic acids is 2. The highest BCUT2D eigenvalue weighted by atomic mass is 35.5. The van der Waals surface area contributed by atoms with E-state index >= 15 is 0 Å². The maximum atomic E-state index is 12.5. The third kappa shape index (κ3) is 4.68. The van der Waals surface area contributed by atoms with Crippen LogP contribution in [0.4, 0.5) is 5.69 Å². The van der Waals surface area contributed by atoms with Gasteiger partial charge >= 0.3 is 0 Å². The quantitative estimate of drug-likeness (QED) is 0.639. The van der Waals surface area contributed by atoms with Gasteiger partial charge in [0.1, 0.15) is 0 Å². The van der Waals surface area contributed by atoms with Crippen LogP contribution in [0.1, 0.15) is 29.6 Å². The molecule has 1 aromatic rings. The molecule has 3 rings (SSSR count). The van der Waals surface area contributed by atoms with Gasteiger partial charge in [-0.25, -0.2) is 0 Å². The fourth-order valence-corrected chi connectivity index (χ4v) is 3.83. The van der Waals surface area contributed by atoms with Gasteiger partial charge in [-0.3, -0.25) is 9.59 Å². The molecule has 26 heavy (non-hydrogen) atoms. The van der Waals surface area contributed by atoms with Crippen LogP contribution in [0.15, 0.2) is 18.2 Å². The predicted molar refractivity (Wildman–Crippen MR) is 104 cm³/mol. The number of halogens is 2. The zero-order valence-corrected chi connectivity index (χ0v) is 16.3. The van der Waals surface area contributed by atoms with Crippen LogP contribution in [-0.2, 0) is 9.53 Å². The molecule has 1 atom stereocenters. The number of hydrogen-bond donors (Lipinski definition) is 3. The Morgan fingerprint density at radius 2 is 2.08 bits per heavy atom. The smallest absolute Gasteiger partial charge is 0.252 e. The third-order valence-corrected chi connectivity index (χ3v) is 5.49. The van der Waals surface area contributed by atoms with E-state index in [1.807, 2.05) is 0 Å². The first-order valence-electron chi connectivity index (χ1n) is 8.64. The van der Waals surface area contributed by atoms with Crippen molar-refractivity contribution >= 4 is 41.5 Å². The highest BCUT2D eigenvalue weighted by molar-refractivity contribution is 6.34. The molecule has 0 bridgehead atoms. The molecule has 1 aliphatic carbocycles. The van der Waals surface area contributed by atoms with E-state index in [-0.39, 0.29) is 35.6 Å². The van der Waals surface area contributed by atoms with Crippen LogP contribution < -0.4 is 16.0 Å². The topological polar surface area (TPSA) is 79.5 Å². The fraction of sp³-hybridized carbons (Fsp3) is 0.556. The molecule has 8 heteroatoms. The number of benzene rings is 1. The molecule has 1 saturated heterocycles. The van der Waals surface area contributed by atoms with Gasteiger partial charge in [0, 0.05) is 25.3 Å². The summed E-state index contributed by atoms with van der Waals surface area (Å²) in [6, 6.07) is 4.97. The molecule has 0 aromatic heterocycles. The van der Waals surface area contributed by atoms with Crippen molar-refractivity contribution in [2.75, 3.05) is 38.7 Å². The Labute approximate surface area is 164 Å². The molecule has 0 radical (unpaired) electrons. The van der Waals surface area contributed by atoms with Crippen molar-refractivity contribution in [3.63, 3.8) is 0 Å². The highest BCUT2D eigenvalue weighted by Gasteiger charge is 2.57. The molecule has 1 spiro atoms. The lowest BCUT2D eigenvalue weighted by Gasteiger charge is -2.23. The van der Waals surface area contributed by atoms with E-state index in [4.69, 9.17) is 16.3 Å². The largest absolute Gasteiger partial charge is 0.383 e. The van der Waals surface area contributed by atoms with Gasteiger partial charge in [-0.1, -0.05) is 11.6 Å². The van der Waals surface area contributed by atoms with Gasteiger partial charge in [0.2, 0.25) is 5.91 Å². The molecule has 1 aliphatic heterocycles. The predicted octanol–water partition coefficient (Wildman–Crippen LogP) is 2.47. The molecule has 2 aliphatic rings. The lowest BCUT2D eigenvalue weighted by atomic mass is 9.92. The summed E-state index contributed by atoms with van der Waals surface area (Å²) in [5, 5.41) is 9.32. The van der Waals surface area contributed by atoms with Crippen LogP contribution in [0.2, 0.25) is 5.02 Å². The zero-order valence-electron chi connectivity index (χ0n) is 14.8. The minimum atomic E-state index is -0.254. The van der Waals surface area contributed by atoms with Crippen LogP contribution >= 0.6 is 24.0 Å². The molecule has 1 heterocycles. The Morgan fingerprint density at radius 3 is 2.73 bits per heavy atom. The summed E-state index contributed by atoms with van der Waals surface area (Å²) in [6.07, 6.45) is 3.09. The Balaban J connectivity index is 0.00000243. The van der Waals surface area contributed by atoms with Gasteiger partial charge in [-0.05, 0) is 56.0 Å². The second-order valence-electron chi connectivity index (χ2n) is 6.80. The average Bonchev–Trinajstić information content (AvgIpc) is 3.29. The van der Waals surface area contributed by atoms with Crippen molar-refractivity contribution < 1.29 is 14.3 Å². The van der Waals surface area contributed by atoms with Crippen molar-refractivity contribution in [3.8, 4) is 0 Å². The number of anilines is 1. The molecule has 144 valence electrons. The van der Waals surface area contributed by atoms with Gasteiger partial charge in [-0.15, -0.1) is 12.4 Å². The average molecular weight is 402 g/mol. The zero-order chi connectivity index (χ0) is 17.9. The molecule has 1 saturated carbocycles. The molecular weight excluding hydrogens is 377 g/mol. The second kappa shape index (κ2) is 9.04. The van der Waals surface area contributed by atoms with Gasteiger partial charge in [0.05, 0.1) is 17.2 Å². The van der Waals surface area contributed by atoms with Gasteiger partial charge in [0.15, 0.2) is 0 Å². The number of amides is 2. The number of methoxy groups -OCH3 is 1. The van der Waals surface area contributed by atoms with Crippen LogP contribution in [0.25, 0.3) is 0 Å². The van der Waals surface area contributed by atoms with E-state index < -0.39 is 0 Å². The molecule has 1 aromatic carbocycles. The van der Waals surface area contributed by atoms with E-state index in [1.165, 1.54) is 0 Å². The minimum absolute atomic E-state index is 0. The Bertz CT molecular complexity index is 663. The summed E-state index contributed by atoms with van der Waals surface area (Å²) in [6.45, 7) is 2.84. The van der Waals surface area contributed by atoms with Crippen molar-refractivity contribution in [1.29, 1.82) is 0 Å². The summed E-state index contributed by atoms with van der Waals surface area (Å²) in [5.41, 5.74) is 1.21. The molecule has 3 N–H and O–H groups in total. The Hall–Kier alpha value is -1.34. The summed E-state index contributed by atoms with van der Waals surface area (Å²) >= 11 is 6.21. The molecule has 2 fully saturated rings. The van der Waals surface area contributed by atoms with Gasteiger partial charge < -0.3 is 20.7 Å². The van der Waals surface area contributed by atoms with E-state index in [0.717, 1.165) is 32.4 Å². The third-order valence-electron chi connectivity index (χ3n) is 5.18. The number of ether oxygens (including phenoxy) is 1. The van der Waals surface area contributed by atoms with Gasteiger partial charge in [0.25, 0.3) is 5.91 Å². The summed E-state index contributed by atoms with van der Waals surface area (Å²) in [7, 11) is 1.57. The number of carbonyl (C=O) groups is 2. The lowest BCUT2D eigenvalue weighted by molar-refractivity contribution is -0.118. The van der Waals surface area contributed by atoms with Crippen LogP contribution in [-0.4, -0.2) is 45.2 Å². The summed E-state index contributed by atoms with van der Waals surface area (Å²) < 4.78 is 4.90. The van der Waals surface area contributed by atoms with E-state index in [9.17, 15) is 9.59 Å². The summed E-state index contributed by atoms with van der Waals surface area (Å²) in [4.78, 5) is 24.5. The normalized spacial score (nSPS) is 20.2. The van der Waals surface area contributed by atoms with Crippen LogP contribution in [0.3, 0.4) is 0 Å². The van der Waals surface area contributed by atoms with E-state index in [2.05, 4.69) is 16.0 Å². The molecule has 1 unspecified atom stereocenters. The summed E-state index contributed by atoms with van der Waals surface area (Å²) in [5.74, 6) is -0.114. The van der Waals surface area contributed by atoms with Crippen LogP contribution in [0, 0.1) is 11.3 Å². The monoisotopic (exact) mass is 401 g/mol. The maximum Gasteiger partial charge on any atom is 0.252 e. The Kier molecular flexibility index (Phi) is 7.29. The van der Waals surface area contributed by atoms with Crippen molar-refractivity contribution in [2.24, 2.45) is 11.3 Å². The maximum absolute atomic E-state index is 12.5. The number of hydrogen-bond acceptors (Lipinski definition) is 4. The van der Waals surface area contributed by atoms with E-state index in [1.54, 1.807) is 25.3 Å². The molecule has 6 nitrogen and oxygen atoms in total. The molecular formula is C18H25Cl2N3O3. The minimum Gasteiger partial charge on any atom is -0.383 e. The first-order valence-corrected chi connectivity index (χ1v) is 9.02. The fourth-order valence-electron chi connectivity index (χ4n) is 3.56.